The van der Waals surface area contributed by atoms with E-state index in [1.807, 2.05) is 23.1 Å². The van der Waals surface area contributed by atoms with Gasteiger partial charge in [-0.3, -0.25) is 19.5 Å². The van der Waals surface area contributed by atoms with E-state index in [4.69, 9.17) is 9.52 Å². The Labute approximate surface area is 299 Å². The molecule has 1 aliphatic carbocycles. The first-order valence-corrected chi connectivity index (χ1v) is 18.8. The van der Waals surface area contributed by atoms with Gasteiger partial charge < -0.3 is 9.42 Å². The predicted octanol–water partition coefficient (Wildman–Crippen LogP) is 7.15. The molecule has 1 saturated carbocycles. The van der Waals surface area contributed by atoms with Gasteiger partial charge in [-0.2, -0.15) is 5.26 Å². The number of nitrogens with zero attached hydrogens (tertiary/aromatic N) is 5. The van der Waals surface area contributed by atoms with Gasteiger partial charge in [0.1, 0.15) is 11.4 Å². The van der Waals surface area contributed by atoms with Crippen molar-refractivity contribution in [1.29, 1.82) is 5.26 Å². The number of unbranched alkanes of at least 4 members (excludes halogenated alkanes) is 1. The van der Waals surface area contributed by atoms with Crippen molar-refractivity contribution in [3.8, 4) is 17.2 Å². The number of amides is 2. The van der Waals surface area contributed by atoms with Crippen LogP contribution in [0.15, 0.2) is 81.1 Å². The number of sulfonamides is 1. The molecule has 1 spiro atoms. The fourth-order valence-electron chi connectivity index (χ4n) is 6.87. The summed E-state index contributed by atoms with van der Waals surface area (Å²) in [5.41, 5.74) is 3.95. The van der Waals surface area contributed by atoms with Crippen molar-refractivity contribution in [3.63, 3.8) is 0 Å². The van der Waals surface area contributed by atoms with Crippen LogP contribution in [0.3, 0.4) is 0 Å². The minimum absolute atomic E-state index is 0.0282. The van der Waals surface area contributed by atoms with Crippen molar-refractivity contribution in [3.05, 3.63) is 100 Å². The molecule has 1 fully saturated rings. The van der Waals surface area contributed by atoms with Gasteiger partial charge in [0, 0.05) is 36.7 Å². The third-order valence-electron chi connectivity index (χ3n) is 9.86. The second kappa shape index (κ2) is 14.5. The van der Waals surface area contributed by atoms with E-state index in [1.54, 1.807) is 68.3 Å². The van der Waals surface area contributed by atoms with Crippen LogP contribution in [0.4, 0.5) is 5.88 Å². The lowest BCUT2D eigenvalue weighted by Crippen LogP contribution is -2.40. The van der Waals surface area contributed by atoms with Crippen LogP contribution in [0.5, 0.6) is 0 Å². The number of carbonyl (C=O) groups is 2. The quantitative estimate of drug-likeness (QED) is 0.165. The summed E-state index contributed by atoms with van der Waals surface area (Å²) in [6.45, 7) is 6.03. The second-order valence-corrected chi connectivity index (χ2v) is 15.1. The molecule has 2 amide bonds. The molecule has 0 atom stereocenters. The SMILES string of the molecule is CCCCC1=NC2(CCCC2)C(=O)N1Cc1ccc(-c2ccccc2S(=O)(=O)Nc2onc(C)c2C)c(CN(C)C(=O)c2ccc(C#N)cc2)c1. The van der Waals surface area contributed by atoms with Crippen molar-refractivity contribution >= 4 is 33.6 Å². The molecule has 0 unspecified atom stereocenters. The molecule has 0 radical (unpaired) electrons. The molecule has 264 valence electrons. The molecule has 1 aromatic heterocycles. The van der Waals surface area contributed by atoms with Gasteiger partial charge in [-0.25, -0.2) is 13.1 Å². The molecule has 0 bridgehead atoms. The van der Waals surface area contributed by atoms with Gasteiger partial charge >= 0.3 is 0 Å². The Morgan fingerprint density at radius 3 is 2.45 bits per heavy atom. The summed E-state index contributed by atoms with van der Waals surface area (Å²) in [5, 5.41) is 13.1. The normalized spacial score (nSPS) is 15.2. The number of hydrogen-bond donors (Lipinski definition) is 1. The molecule has 6 rings (SSSR count). The van der Waals surface area contributed by atoms with Crippen LogP contribution in [-0.4, -0.2) is 53.6 Å². The summed E-state index contributed by atoms with van der Waals surface area (Å²) in [4.78, 5) is 36.0. The Balaban J connectivity index is 1.39. The lowest BCUT2D eigenvalue weighted by molar-refractivity contribution is -0.131. The van der Waals surface area contributed by atoms with Gasteiger partial charge in [-0.1, -0.05) is 67.7 Å². The maximum Gasteiger partial charge on any atom is 0.264 e. The number of rotatable bonds is 12. The average Bonchev–Trinajstić information content (AvgIpc) is 3.81. The van der Waals surface area contributed by atoms with E-state index in [2.05, 4.69) is 22.9 Å². The minimum Gasteiger partial charge on any atom is -0.337 e. The number of nitriles is 1. The molecule has 0 saturated heterocycles. The van der Waals surface area contributed by atoms with Crippen LogP contribution in [0, 0.1) is 25.2 Å². The van der Waals surface area contributed by atoms with Gasteiger partial charge in [0.15, 0.2) is 0 Å². The van der Waals surface area contributed by atoms with Crippen molar-refractivity contribution in [2.24, 2.45) is 4.99 Å². The van der Waals surface area contributed by atoms with Crippen LogP contribution >= 0.6 is 0 Å². The minimum atomic E-state index is -4.14. The predicted molar refractivity (Wildman–Crippen MR) is 194 cm³/mol. The lowest BCUT2D eigenvalue weighted by Gasteiger charge is -2.24. The third kappa shape index (κ3) is 7.17. The largest absolute Gasteiger partial charge is 0.337 e. The lowest BCUT2D eigenvalue weighted by atomic mass is 9.95. The fourth-order valence-corrected chi connectivity index (χ4v) is 8.14. The Bertz CT molecular complexity index is 2140. The summed E-state index contributed by atoms with van der Waals surface area (Å²) < 4.78 is 35.6. The highest BCUT2D eigenvalue weighted by Crippen LogP contribution is 2.40. The summed E-state index contributed by atoms with van der Waals surface area (Å²) in [6, 6.07) is 20.9. The molecule has 1 aliphatic heterocycles. The van der Waals surface area contributed by atoms with E-state index >= 15 is 0 Å². The number of anilines is 1. The van der Waals surface area contributed by atoms with Gasteiger partial charge in [-0.05, 0) is 80.1 Å². The third-order valence-corrected chi connectivity index (χ3v) is 11.2. The highest BCUT2D eigenvalue weighted by atomic mass is 32.2. The first-order chi connectivity index (χ1) is 24.5. The zero-order chi connectivity index (χ0) is 36.3. The van der Waals surface area contributed by atoms with E-state index < -0.39 is 15.6 Å². The number of benzene rings is 3. The summed E-state index contributed by atoms with van der Waals surface area (Å²) in [5.74, 6) is 0.649. The van der Waals surface area contributed by atoms with Crippen LogP contribution in [0.1, 0.15) is 90.2 Å². The molecule has 2 aliphatic rings. The Hall–Kier alpha value is -5.28. The number of carbonyl (C=O) groups excluding carboxylic acids is 2. The van der Waals surface area contributed by atoms with Gasteiger partial charge in [0.25, 0.3) is 21.8 Å². The van der Waals surface area contributed by atoms with Gasteiger partial charge in [-0.15, -0.1) is 0 Å². The van der Waals surface area contributed by atoms with Crippen LogP contribution < -0.4 is 4.72 Å². The van der Waals surface area contributed by atoms with E-state index in [1.165, 1.54) is 6.07 Å². The summed E-state index contributed by atoms with van der Waals surface area (Å²) >= 11 is 0. The highest BCUT2D eigenvalue weighted by molar-refractivity contribution is 7.92. The molecule has 2 heterocycles. The molecule has 1 N–H and O–H groups in total. The first-order valence-electron chi connectivity index (χ1n) is 17.3. The Kier molecular flexibility index (Phi) is 10.1. The number of hydrogen-bond acceptors (Lipinski definition) is 8. The fraction of sp³-hybridized carbons (Fsp3) is 0.359. The summed E-state index contributed by atoms with van der Waals surface area (Å²) in [6.07, 6.45) is 6.12. The van der Waals surface area contributed by atoms with Crippen molar-refractivity contribution < 1.29 is 22.5 Å². The number of amidine groups is 1. The Morgan fingerprint density at radius 2 is 1.78 bits per heavy atom. The van der Waals surface area contributed by atoms with E-state index in [0.29, 0.717) is 45.6 Å². The zero-order valence-electron chi connectivity index (χ0n) is 29.4. The van der Waals surface area contributed by atoms with E-state index in [9.17, 15) is 23.3 Å². The average molecular weight is 707 g/mol. The maximum atomic E-state index is 13.9. The highest BCUT2D eigenvalue weighted by Gasteiger charge is 2.49. The molecule has 4 aromatic rings. The molecule has 12 heteroatoms. The smallest absolute Gasteiger partial charge is 0.264 e. The van der Waals surface area contributed by atoms with Crippen molar-refractivity contribution in [1.82, 2.24) is 15.0 Å². The number of nitrogens with one attached hydrogen (secondary N) is 1. The molecular formula is C39H42N6O5S. The molecular weight excluding hydrogens is 665 g/mol. The molecule has 3 aromatic carbocycles. The number of aryl methyl sites for hydroxylation is 1. The van der Waals surface area contributed by atoms with E-state index in [-0.39, 0.29) is 29.1 Å². The number of aliphatic imine (C=N–C) groups is 1. The zero-order valence-corrected chi connectivity index (χ0v) is 30.2. The maximum absolute atomic E-state index is 13.9. The van der Waals surface area contributed by atoms with Crippen molar-refractivity contribution in [2.75, 3.05) is 11.8 Å². The number of aromatic nitrogens is 1. The van der Waals surface area contributed by atoms with Crippen LogP contribution in [-0.2, 0) is 27.9 Å². The molecule has 11 nitrogen and oxygen atoms in total. The monoisotopic (exact) mass is 706 g/mol. The van der Waals surface area contributed by atoms with Crippen molar-refractivity contribution in [2.45, 2.75) is 89.2 Å². The second-order valence-electron chi connectivity index (χ2n) is 13.4. The van der Waals surface area contributed by atoms with Crippen LogP contribution in [0.25, 0.3) is 11.1 Å². The standard InChI is InChI=1S/C39H42N6O5S/c1-5-6-13-35-41-39(20-9-10-21-39)38(47)45(35)24-29-16-19-32(31(22-29)25-44(4)37(46)30-17-14-28(23-40)15-18-30)33-11-7-8-12-34(33)51(48,49)43-36-26(2)27(3)42-50-36/h7-8,11-12,14-19,22,43H,5-6,9-10,13,20-21,24-25H2,1-4H3. The van der Waals surface area contributed by atoms with E-state index in [0.717, 1.165) is 56.3 Å². The first kappa shape index (κ1) is 35.5. The Morgan fingerprint density at radius 1 is 1.06 bits per heavy atom. The van der Waals surface area contributed by atoms with Crippen LogP contribution in [0.2, 0.25) is 0 Å². The van der Waals surface area contributed by atoms with Gasteiger partial charge in [0.2, 0.25) is 5.88 Å². The summed E-state index contributed by atoms with van der Waals surface area (Å²) in [7, 11) is -2.46. The topological polar surface area (TPSA) is 149 Å². The molecule has 51 heavy (non-hydrogen) atoms. The van der Waals surface area contributed by atoms with Gasteiger partial charge in [0.05, 0.1) is 28.8 Å².